The summed E-state index contributed by atoms with van der Waals surface area (Å²) in [5.74, 6) is 2.21. The molecule has 1 aromatic carbocycles. The van der Waals surface area contributed by atoms with Gasteiger partial charge in [-0.1, -0.05) is 35.0 Å². The van der Waals surface area contributed by atoms with Crippen molar-refractivity contribution in [1.29, 1.82) is 0 Å². The second-order valence-electron chi connectivity index (χ2n) is 8.96. The lowest BCUT2D eigenvalue weighted by atomic mass is 9.49. The molecular formula is C22H29BrN2O2. The first-order valence-electron chi connectivity index (χ1n) is 10.3. The van der Waals surface area contributed by atoms with E-state index in [0.717, 1.165) is 53.5 Å². The lowest BCUT2D eigenvalue weighted by molar-refractivity contribution is -0.147. The Morgan fingerprint density at radius 1 is 1.07 bits per heavy atom. The van der Waals surface area contributed by atoms with Gasteiger partial charge in [0.25, 0.3) is 0 Å². The molecule has 0 radical (unpaired) electrons. The molecule has 1 atom stereocenters. The highest BCUT2D eigenvalue weighted by atomic mass is 79.9. The van der Waals surface area contributed by atoms with Gasteiger partial charge in [0.15, 0.2) is 0 Å². The fourth-order valence-electron chi connectivity index (χ4n) is 6.10. The predicted molar refractivity (Wildman–Crippen MR) is 109 cm³/mol. The molecule has 0 aliphatic heterocycles. The number of carbonyl (C=O) groups is 2. The number of hydrogen-bond acceptors (Lipinski definition) is 2. The highest BCUT2D eigenvalue weighted by Crippen LogP contribution is 2.60. The molecule has 4 aliphatic rings. The van der Waals surface area contributed by atoms with Crippen molar-refractivity contribution >= 4 is 27.7 Å². The Morgan fingerprint density at radius 3 is 2.15 bits per heavy atom. The zero-order chi connectivity index (χ0) is 19.0. The minimum atomic E-state index is -0.190. The van der Waals surface area contributed by atoms with Crippen LogP contribution in [0.5, 0.6) is 0 Å². The summed E-state index contributed by atoms with van der Waals surface area (Å²) in [6.07, 6.45) is 7.86. The van der Waals surface area contributed by atoms with Crippen LogP contribution in [0.4, 0.5) is 0 Å². The average Bonchev–Trinajstić information content (AvgIpc) is 2.64. The quantitative estimate of drug-likeness (QED) is 0.701. The molecule has 4 bridgehead atoms. The first-order chi connectivity index (χ1) is 13.0. The Morgan fingerprint density at radius 2 is 1.63 bits per heavy atom. The van der Waals surface area contributed by atoms with E-state index < -0.39 is 0 Å². The third-order valence-corrected chi connectivity index (χ3v) is 7.47. The molecule has 0 aromatic heterocycles. The maximum atomic E-state index is 13.0. The highest BCUT2D eigenvalue weighted by molar-refractivity contribution is 9.10. The van der Waals surface area contributed by atoms with Crippen LogP contribution in [0.25, 0.3) is 0 Å². The molecule has 27 heavy (non-hydrogen) atoms. The summed E-state index contributed by atoms with van der Waals surface area (Å²) in [6, 6.07) is 7.99. The van der Waals surface area contributed by atoms with E-state index in [-0.39, 0.29) is 29.8 Å². The minimum Gasteiger partial charge on any atom is -0.348 e. The second-order valence-corrected chi connectivity index (χ2v) is 9.88. The van der Waals surface area contributed by atoms with E-state index in [1.165, 1.54) is 19.3 Å². The Kier molecular flexibility index (Phi) is 5.32. The van der Waals surface area contributed by atoms with E-state index in [1.807, 2.05) is 24.3 Å². The van der Waals surface area contributed by atoms with E-state index in [2.05, 4.69) is 33.5 Å². The lowest BCUT2D eigenvalue weighted by Crippen LogP contribution is -2.54. The monoisotopic (exact) mass is 432 g/mol. The summed E-state index contributed by atoms with van der Waals surface area (Å²) in [7, 11) is 0. The number of hydrogen-bond donors (Lipinski definition) is 2. The van der Waals surface area contributed by atoms with Crippen LogP contribution < -0.4 is 10.6 Å². The van der Waals surface area contributed by atoms with E-state index in [9.17, 15) is 9.59 Å². The van der Waals surface area contributed by atoms with Crippen LogP contribution >= 0.6 is 15.9 Å². The molecule has 5 rings (SSSR count). The van der Waals surface area contributed by atoms with E-state index >= 15 is 0 Å². The van der Waals surface area contributed by atoms with Crippen LogP contribution in [0.1, 0.15) is 63.5 Å². The van der Waals surface area contributed by atoms with Gasteiger partial charge in [-0.25, -0.2) is 0 Å². The third kappa shape index (κ3) is 3.94. The van der Waals surface area contributed by atoms with Gasteiger partial charge in [-0.2, -0.15) is 0 Å². The fourth-order valence-corrected chi connectivity index (χ4v) is 6.36. The molecule has 0 heterocycles. The summed E-state index contributed by atoms with van der Waals surface area (Å²) in [4.78, 5) is 25.4. The van der Waals surface area contributed by atoms with Crippen molar-refractivity contribution in [2.24, 2.45) is 23.2 Å². The van der Waals surface area contributed by atoms with Crippen molar-refractivity contribution in [3.63, 3.8) is 0 Å². The van der Waals surface area contributed by atoms with E-state index in [4.69, 9.17) is 0 Å². The molecular weight excluding hydrogens is 404 g/mol. The van der Waals surface area contributed by atoms with Crippen molar-refractivity contribution in [3.05, 3.63) is 34.3 Å². The van der Waals surface area contributed by atoms with Crippen LogP contribution in [0.2, 0.25) is 0 Å². The minimum absolute atomic E-state index is 0.0259. The Labute approximate surface area is 170 Å². The van der Waals surface area contributed by atoms with Gasteiger partial charge in [0.05, 0.1) is 12.6 Å². The van der Waals surface area contributed by atoms with Crippen LogP contribution in [0, 0.1) is 23.2 Å². The maximum absolute atomic E-state index is 13.0. The normalized spacial score (nSPS) is 32.1. The maximum Gasteiger partial charge on any atom is 0.239 e. The molecule has 4 saturated carbocycles. The van der Waals surface area contributed by atoms with Crippen LogP contribution in [-0.4, -0.2) is 18.4 Å². The molecule has 1 aromatic rings. The molecule has 4 fully saturated rings. The van der Waals surface area contributed by atoms with E-state index in [0.29, 0.717) is 0 Å². The van der Waals surface area contributed by atoms with Crippen molar-refractivity contribution < 1.29 is 9.59 Å². The summed E-state index contributed by atoms with van der Waals surface area (Å²) >= 11 is 3.44. The van der Waals surface area contributed by atoms with Crippen molar-refractivity contribution in [2.75, 3.05) is 6.54 Å². The summed E-state index contributed by atoms with van der Waals surface area (Å²) < 4.78 is 1.02. The molecule has 2 N–H and O–H groups in total. The lowest BCUT2D eigenvalue weighted by Gasteiger charge is -2.55. The van der Waals surface area contributed by atoms with Gasteiger partial charge in [-0.15, -0.1) is 0 Å². The molecule has 5 heteroatoms. The average molecular weight is 433 g/mol. The molecule has 4 nitrogen and oxygen atoms in total. The smallest absolute Gasteiger partial charge is 0.239 e. The number of halogens is 1. The zero-order valence-electron chi connectivity index (χ0n) is 16.0. The second kappa shape index (κ2) is 7.57. The molecule has 4 aliphatic carbocycles. The largest absolute Gasteiger partial charge is 0.348 e. The molecule has 0 saturated heterocycles. The number of amides is 2. The highest BCUT2D eigenvalue weighted by Gasteiger charge is 2.54. The molecule has 146 valence electrons. The molecule has 1 unspecified atom stereocenters. The first kappa shape index (κ1) is 19.0. The van der Waals surface area contributed by atoms with Gasteiger partial charge in [-0.05, 0) is 80.4 Å². The molecule has 2 amide bonds. The first-order valence-corrected chi connectivity index (χ1v) is 11.1. The van der Waals surface area contributed by atoms with Crippen LogP contribution in [-0.2, 0) is 9.59 Å². The number of nitrogens with one attached hydrogen (secondary N) is 2. The SMILES string of the molecule is CCC(NC(=O)CNC(=O)C12CC3CC(CC(C3)C1)C2)c1ccc(Br)cc1. The van der Waals surface area contributed by atoms with Crippen LogP contribution in [0.3, 0.4) is 0 Å². The Balaban J connectivity index is 1.32. The number of rotatable bonds is 6. The van der Waals surface area contributed by atoms with Gasteiger partial charge >= 0.3 is 0 Å². The molecule has 0 spiro atoms. The Bertz CT molecular complexity index is 680. The predicted octanol–water partition coefficient (Wildman–Crippen LogP) is 4.35. The van der Waals surface area contributed by atoms with E-state index in [1.54, 1.807) is 0 Å². The van der Waals surface area contributed by atoms with Gasteiger partial charge in [0.2, 0.25) is 11.8 Å². The van der Waals surface area contributed by atoms with Gasteiger partial charge in [0.1, 0.15) is 0 Å². The van der Waals surface area contributed by atoms with Gasteiger partial charge in [0, 0.05) is 9.89 Å². The van der Waals surface area contributed by atoms with Crippen molar-refractivity contribution in [1.82, 2.24) is 10.6 Å². The van der Waals surface area contributed by atoms with Crippen molar-refractivity contribution in [2.45, 2.75) is 57.9 Å². The van der Waals surface area contributed by atoms with Gasteiger partial charge < -0.3 is 10.6 Å². The topological polar surface area (TPSA) is 58.2 Å². The van der Waals surface area contributed by atoms with Gasteiger partial charge in [-0.3, -0.25) is 9.59 Å². The summed E-state index contributed by atoms with van der Waals surface area (Å²) in [5.41, 5.74) is 0.895. The standard InChI is InChI=1S/C22H29BrN2O2/c1-2-19(17-3-5-18(23)6-4-17)25-20(26)13-24-21(27)22-10-14-7-15(11-22)9-16(8-14)12-22/h3-6,14-16,19H,2,7-13H2,1H3,(H,24,27)(H,25,26). The number of carbonyl (C=O) groups excluding carboxylic acids is 2. The Hall–Kier alpha value is -1.36. The van der Waals surface area contributed by atoms with Crippen molar-refractivity contribution in [3.8, 4) is 0 Å². The third-order valence-electron chi connectivity index (χ3n) is 6.95. The number of benzene rings is 1. The zero-order valence-corrected chi connectivity index (χ0v) is 17.6. The summed E-state index contributed by atoms with van der Waals surface area (Å²) in [6.45, 7) is 2.13. The summed E-state index contributed by atoms with van der Waals surface area (Å²) in [5, 5.41) is 6.03. The fraction of sp³-hybridized carbons (Fsp3) is 0.636. The van der Waals surface area contributed by atoms with Crippen LogP contribution in [0.15, 0.2) is 28.7 Å².